The van der Waals surface area contributed by atoms with Gasteiger partial charge >= 0.3 is 0 Å². The Morgan fingerprint density at radius 3 is 2.72 bits per heavy atom. The molecule has 1 N–H and O–H groups in total. The van der Waals surface area contributed by atoms with Gasteiger partial charge in [0, 0.05) is 43.2 Å². The molecule has 1 fully saturated rings. The predicted octanol–water partition coefficient (Wildman–Crippen LogP) is 3.19. The number of nitrogens with zero attached hydrogens (tertiary/aromatic N) is 2. The highest BCUT2D eigenvalue weighted by molar-refractivity contribution is 6.07. The van der Waals surface area contributed by atoms with Gasteiger partial charge in [0.25, 0.3) is 0 Å². The van der Waals surface area contributed by atoms with Crippen molar-refractivity contribution < 1.29 is 19.1 Å². The van der Waals surface area contributed by atoms with Crippen molar-refractivity contribution in [2.24, 2.45) is 13.0 Å². The van der Waals surface area contributed by atoms with Gasteiger partial charge in [-0.1, -0.05) is 6.07 Å². The molecule has 29 heavy (non-hydrogen) atoms. The summed E-state index contributed by atoms with van der Waals surface area (Å²) >= 11 is 0. The average molecular weight is 393 g/mol. The van der Waals surface area contributed by atoms with Crippen LogP contribution in [-0.2, 0) is 16.6 Å². The molecule has 0 bridgehead atoms. The third-order valence-electron chi connectivity index (χ3n) is 5.36. The van der Waals surface area contributed by atoms with E-state index in [0.717, 1.165) is 16.6 Å². The number of anilines is 2. The van der Waals surface area contributed by atoms with Crippen LogP contribution >= 0.6 is 0 Å². The molecular formula is C22H23N3O4. The van der Waals surface area contributed by atoms with E-state index in [1.807, 2.05) is 42.1 Å². The highest BCUT2D eigenvalue weighted by Gasteiger charge is 2.36. The van der Waals surface area contributed by atoms with Gasteiger partial charge in [0.1, 0.15) is 11.5 Å². The Hall–Kier alpha value is -3.48. The summed E-state index contributed by atoms with van der Waals surface area (Å²) in [4.78, 5) is 27.1. The topological polar surface area (TPSA) is 72.8 Å². The molecule has 7 nitrogen and oxygen atoms in total. The number of hydrogen-bond acceptors (Lipinski definition) is 4. The van der Waals surface area contributed by atoms with Gasteiger partial charge in [-0.2, -0.15) is 0 Å². The quantitative estimate of drug-likeness (QED) is 0.723. The zero-order valence-corrected chi connectivity index (χ0v) is 16.6. The summed E-state index contributed by atoms with van der Waals surface area (Å²) in [5, 5.41) is 3.97. The molecule has 1 aliphatic rings. The molecule has 0 unspecified atom stereocenters. The lowest BCUT2D eigenvalue weighted by molar-refractivity contribution is -0.122. The summed E-state index contributed by atoms with van der Waals surface area (Å²) in [6.07, 6.45) is 2.11. The molecule has 0 saturated carbocycles. The van der Waals surface area contributed by atoms with Crippen LogP contribution < -0.4 is 19.7 Å². The fourth-order valence-electron chi connectivity index (χ4n) is 3.77. The standard InChI is InChI=1S/C22H23N3O4/c1-24-10-9-16-17(5-4-6-18(16)24)23-22(27)14-11-21(26)25(13-14)19-8-7-15(28-2)12-20(19)29-3/h4-10,12,14H,11,13H2,1-3H3,(H,23,27)/t14-/m0/s1. The zero-order valence-electron chi connectivity index (χ0n) is 16.6. The molecule has 2 aromatic carbocycles. The highest BCUT2D eigenvalue weighted by atomic mass is 16.5. The summed E-state index contributed by atoms with van der Waals surface area (Å²) < 4.78 is 12.6. The minimum Gasteiger partial charge on any atom is -0.497 e. The minimum absolute atomic E-state index is 0.105. The summed E-state index contributed by atoms with van der Waals surface area (Å²) in [5.41, 5.74) is 2.43. The Balaban J connectivity index is 1.54. The van der Waals surface area contributed by atoms with Crippen LogP contribution in [0.1, 0.15) is 6.42 Å². The maximum Gasteiger partial charge on any atom is 0.229 e. The van der Waals surface area contributed by atoms with Crippen molar-refractivity contribution >= 4 is 34.1 Å². The van der Waals surface area contributed by atoms with Crippen LogP contribution in [0.3, 0.4) is 0 Å². The molecule has 150 valence electrons. The van der Waals surface area contributed by atoms with Crippen LogP contribution in [0.2, 0.25) is 0 Å². The van der Waals surface area contributed by atoms with Gasteiger partial charge in [-0.05, 0) is 30.3 Å². The molecule has 1 aromatic heterocycles. The van der Waals surface area contributed by atoms with E-state index in [2.05, 4.69) is 5.32 Å². The smallest absolute Gasteiger partial charge is 0.229 e. The number of aromatic nitrogens is 1. The van der Waals surface area contributed by atoms with E-state index in [1.165, 1.54) is 0 Å². The third kappa shape index (κ3) is 3.40. The van der Waals surface area contributed by atoms with Gasteiger partial charge in [0.2, 0.25) is 11.8 Å². The number of carbonyl (C=O) groups excluding carboxylic acids is 2. The molecule has 7 heteroatoms. The maximum atomic E-state index is 12.9. The Kier molecular flexibility index (Phi) is 4.88. The van der Waals surface area contributed by atoms with Crippen molar-refractivity contribution in [1.82, 2.24) is 4.57 Å². The molecule has 2 amide bonds. The van der Waals surface area contributed by atoms with Gasteiger partial charge in [-0.25, -0.2) is 0 Å². The first-order valence-electron chi connectivity index (χ1n) is 9.39. The molecule has 1 aliphatic heterocycles. The van der Waals surface area contributed by atoms with Crippen molar-refractivity contribution in [2.75, 3.05) is 31.0 Å². The number of benzene rings is 2. The van der Waals surface area contributed by atoms with Crippen LogP contribution in [0, 0.1) is 5.92 Å². The number of hydrogen-bond donors (Lipinski definition) is 1. The highest BCUT2D eigenvalue weighted by Crippen LogP contribution is 2.36. The van der Waals surface area contributed by atoms with Crippen LogP contribution in [0.25, 0.3) is 10.9 Å². The van der Waals surface area contributed by atoms with E-state index >= 15 is 0 Å². The average Bonchev–Trinajstić information content (AvgIpc) is 3.31. The minimum atomic E-state index is -0.437. The first kappa shape index (κ1) is 18.9. The van der Waals surface area contributed by atoms with Gasteiger partial charge in [-0.15, -0.1) is 0 Å². The van der Waals surface area contributed by atoms with E-state index in [4.69, 9.17) is 9.47 Å². The van der Waals surface area contributed by atoms with E-state index in [9.17, 15) is 9.59 Å². The number of amides is 2. The first-order valence-corrected chi connectivity index (χ1v) is 9.39. The summed E-state index contributed by atoms with van der Waals surface area (Å²) in [6.45, 7) is 0.304. The summed E-state index contributed by atoms with van der Waals surface area (Å²) in [5.74, 6) is 0.472. The monoisotopic (exact) mass is 393 g/mol. The SMILES string of the molecule is COc1ccc(N2C[C@@H](C(=O)Nc3cccc4c3ccn4C)CC2=O)c(OC)c1. The second-order valence-electron chi connectivity index (χ2n) is 7.10. The molecule has 4 rings (SSSR count). The Bertz CT molecular complexity index is 1090. The second-order valence-corrected chi connectivity index (χ2v) is 7.10. The zero-order chi connectivity index (χ0) is 20.5. The second kappa shape index (κ2) is 7.50. The fourth-order valence-corrected chi connectivity index (χ4v) is 3.77. The fraction of sp³-hybridized carbons (Fsp3) is 0.273. The van der Waals surface area contributed by atoms with Crippen LogP contribution in [0.5, 0.6) is 11.5 Å². The molecule has 1 saturated heterocycles. The molecule has 0 aliphatic carbocycles. The largest absolute Gasteiger partial charge is 0.497 e. The predicted molar refractivity (Wildman–Crippen MR) is 112 cm³/mol. The van der Waals surface area contributed by atoms with Crippen molar-refractivity contribution in [3.8, 4) is 11.5 Å². The molecule has 2 heterocycles. The van der Waals surface area contributed by atoms with Crippen molar-refractivity contribution in [1.29, 1.82) is 0 Å². The number of rotatable bonds is 5. The number of ether oxygens (including phenoxy) is 2. The maximum absolute atomic E-state index is 12.9. The van der Waals surface area contributed by atoms with Crippen LogP contribution in [0.4, 0.5) is 11.4 Å². The van der Waals surface area contributed by atoms with Crippen molar-refractivity contribution in [3.63, 3.8) is 0 Å². The summed E-state index contributed by atoms with van der Waals surface area (Å²) in [6, 6.07) is 13.0. The van der Waals surface area contributed by atoms with E-state index in [1.54, 1.807) is 37.3 Å². The normalized spacial score (nSPS) is 16.3. The van der Waals surface area contributed by atoms with Crippen LogP contribution in [-0.4, -0.2) is 37.1 Å². The van der Waals surface area contributed by atoms with Crippen LogP contribution in [0.15, 0.2) is 48.7 Å². The molecule has 0 spiro atoms. The number of fused-ring (bicyclic) bond motifs is 1. The molecular weight excluding hydrogens is 370 g/mol. The van der Waals surface area contributed by atoms with Crippen molar-refractivity contribution in [3.05, 3.63) is 48.7 Å². The van der Waals surface area contributed by atoms with E-state index in [0.29, 0.717) is 23.7 Å². The van der Waals surface area contributed by atoms with Crippen molar-refractivity contribution in [2.45, 2.75) is 6.42 Å². The number of aryl methyl sites for hydroxylation is 1. The molecule has 3 aromatic rings. The lowest BCUT2D eigenvalue weighted by atomic mass is 10.1. The van der Waals surface area contributed by atoms with E-state index in [-0.39, 0.29) is 18.2 Å². The molecule has 0 radical (unpaired) electrons. The summed E-state index contributed by atoms with van der Waals surface area (Å²) in [7, 11) is 5.08. The lowest BCUT2D eigenvalue weighted by Crippen LogP contribution is -2.28. The van der Waals surface area contributed by atoms with Gasteiger partial charge in [-0.3, -0.25) is 9.59 Å². The lowest BCUT2D eigenvalue weighted by Gasteiger charge is -2.20. The van der Waals surface area contributed by atoms with E-state index < -0.39 is 5.92 Å². The number of nitrogens with one attached hydrogen (secondary N) is 1. The Morgan fingerprint density at radius 1 is 1.14 bits per heavy atom. The Labute approximate surface area is 168 Å². The third-order valence-corrected chi connectivity index (χ3v) is 5.36. The van der Waals surface area contributed by atoms with Gasteiger partial charge in [0.05, 0.1) is 31.5 Å². The van der Waals surface area contributed by atoms with Gasteiger partial charge in [0.15, 0.2) is 0 Å². The Morgan fingerprint density at radius 2 is 1.97 bits per heavy atom. The number of carbonyl (C=O) groups is 2. The molecule has 1 atom stereocenters. The first-order chi connectivity index (χ1) is 14.0. The number of methoxy groups -OCH3 is 2. The van der Waals surface area contributed by atoms with Gasteiger partial charge < -0.3 is 24.3 Å².